The fourth-order valence-electron chi connectivity index (χ4n) is 2.13. The molecule has 0 aliphatic carbocycles. The summed E-state index contributed by atoms with van der Waals surface area (Å²) >= 11 is 0. The Morgan fingerprint density at radius 3 is 2.79 bits per heavy atom. The number of ether oxygens (including phenoxy) is 2. The lowest BCUT2D eigenvalue weighted by Crippen LogP contribution is -2.47. The van der Waals surface area contributed by atoms with E-state index in [0.29, 0.717) is 18.2 Å². The van der Waals surface area contributed by atoms with Gasteiger partial charge in [-0.2, -0.15) is 5.26 Å². The minimum atomic E-state index is 0.117. The highest BCUT2D eigenvalue weighted by Gasteiger charge is 2.22. The fourth-order valence-corrected chi connectivity index (χ4v) is 2.13. The van der Waals surface area contributed by atoms with Gasteiger partial charge in [0.2, 0.25) is 0 Å². The van der Waals surface area contributed by atoms with E-state index in [1.165, 1.54) is 0 Å². The van der Waals surface area contributed by atoms with E-state index in [4.69, 9.17) is 14.7 Å². The zero-order valence-electron chi connectivity index (χ0n) is 11.5. The maximum absolute atomic E-state index is 8.73. The van der Waals surface area contributed by atoms with Crippen molar-refractivity contribution in [2.75, 3.05) is 26.3 Å². The van der Waals surface area contributed by atoms with Crippen molar-refractivity contribution in [3.63, 3.8) is 0 Å². The van der Waals surface area contributed by atoms with E-state index in [2.05, 4.69) is 24.8 Å². The van der Waals surface area contributed by atoms with Crippen LogP contribution in [0.25, 0.3) is 0 Å². The van der Waals surface area contributed by atoms with Gasteiger partial charge in [-0.1, -0.05) is 0 Å². The smallest absolute Gasteiger partial charge is 0.119 e. The minimum Gasteiger partial charge on any atom is -0.491 e. The molecule has 1 heterocycles. The molecule has 2 rings (SSSR count). The van der Waals surface area contributed by atoms with E-state index in [0.717, 1.165) is 25.4 Å². The van der Waals surface area contributed by atoms with Crippen LogP contribution in [-0.2, 0) is 4.74 Å². The third-order valence-corrected chi connectivity index (χ3v) is 3.32. The third-order valence-electron chi connectivity index (χ3n) is 3.32. The molecule has 0 N–H and O–H groups in total. The molecule has 0 spiro atoms. The number of morpholine rings is 1. The molecule has 1 aliphatic heterocycles. The molecule has 0 radical (unpaired) electrons. The maximum Gasteiger partial charge on any atom is 0.119 e. The molecule has 1 aromatic rings. The first-order chi connectivity index (χ1) is 9.19. The van der Waals surface area contributed by atoms with Crippen LogP contribution in [0.15, 0.2) is 24.3 Å². The molecule has 1 aliphatic rings. The molecular weight excluding hydrogens is 240 g/mol. The summed E-state index contributed by atoms with van der Waals surface area (Å²) in [6, 6.07) is 9.80. The van der Waals surface area contributed by atoms with E-state index in [1.807, 2.05) is 12.1 Å². The van der Waals surface area contributed by atoms with Crippen molar-refractivity contribution in [3.05, 3.63) is 29.8 Å². The van der Waals surface area contributed by atoms with Gasteiger partial charge in [-0.15, -0.1) is 0 Å². The second-order valence-corrected chi connectivity index (χ2v) is 5.03. The Balaban J connectivity index is 1.83. The lowest BCUT2D eigenvalue weighted by atomic mass is 10.2. The standard InChI is InChI=1S/C15H20N2O2/c1-12(2)17-7-8-18-15(10-17)11-19-14-5-3-13(9-16)4-6-14/h3-6,12,15H,7-8,10-11H2,1-2H3. The Bertz CT molecular complexity index is 436. The highest BCUT2D eigenvalue weighted by atomic mass is 16.5. The number of hydrogen-bond donors (Lipinski definition) is 0. The normalized spacial score (nSPS) is 20.2. The summed E-state index contributed by atoms with van der Waals surface area (Å²) in [5.74, 6) is 0.782. The van der Waals surface area contributed by atoms with Crippen LogP contribution < -0.4 is 4.74 Å². The van der Waals surface area contributed by atoms with Crippen LogP contribution in [0.2, 0.25) is 0 Å². The first-order valence-corrected chi connectivity index (χ1v) is 6.67. The van der Waals surface area contributed by atoms with E-state index in [9.17, 15) is 0 Å². The molecule has 19 heavy (non-hydrogen) atoms. The molecule has 0 aromatic heterocycles. The molecule has 1 atom stereocenters. The average Bonchev–Trinajstić information content (AvgIpc) is 2.46. The van der Waals surface area contributed by atoms with Crippen molar-refractivity contribution in [2.45, 2.75) is 26.0 Å². The predicted molar refractivity (Wildman–Crippen MR) is 73.1 cm³/mol. The van der Waals surface area contributed by atoms with Crippen LogP contribution in [0.5, 0.6) is 5.75 Å². The Hall–Kier alpha value is -1.57. The van der Waals surface area contributed by atoms with Gasteiger partial charge in [0.1, 0.15) is 18.5 Å². The lowest BCUT2D eigenvalue weighted by Gasteiger charge is -2.35. The van der Waals surface area contributed by atoms with Crippen LogP contribution in [0.4, 0.5) is 0 Å². The summed E-state index contributed by atoms with van der Waals surface area (Å²) in [4.78, 5) is 2.40. The van der Waals surface area contributed by atoms with Gasteiger partial charge in [-0.25, -0.2) is 0 Å². The predicted octanol–water partition coefficient (Wildman–Crippen LogP) is 2.05. The van der Waals surface area contributed by atoms with E-state index in [1.54, 1.807) is 12.1 Å². The largest absolute Gasteiger partial charge is 0.491 e. The van der Waals surface area contributed by atoms with E-state index in [-0.39, 0.29) is 6.10 Å². The van der Waals surface area contributed by atoms with E-state index < -0.39 is 0 Å². The molecule has 0 saturated carbocycles. The van der Waals surface area contributed by atoms with Crippen molar-refractivity contribution < 1.29 is 9.47 Å². The summed E-state index contributed by atoms with van der Waals surface area (Å²) in [5, 5.41) is 8.73. The van der Waals surface area contributed by atoms with Gasteiger partial charge in [-0.3, -0.25) is 4.90 Å². The van der Waals surface area contributed by atoms with Gasteiger partial charge in [-0.05, 0) is 38.1 Å². The first-order valence-electron chi connectivity index (χ1n) is 6.67. The zero-order valence-corrected chi connectivity index (χ0v) is 11.5. The topological polar surface area (TPSA) is 45.5 Å². The van der Waals surface area contributed by atoms with E-state index >= 15 is 0 Å². The number of nitriles is 1. The Kier molecular flexibility index (Phi) is 4.78. The SMILES string of the molecule is CC(C)N1CCOC(COc2ccc(C#N)cc2)C1. The second-order valence-electron chi connectivity index (χ2n) is 5.03. The van der Waals surface area contributed by atoms with Crippen LogP contribution in [0.3, 0.4) is 0 Å². The van der Waals surface area contributed by atoms with Gasteiger partial charge in [0.15, 0.2) is 0 Å². The fraction of sp³-hybridized carbons (Fsp3) is 0.533. The molecule has 1 unspecified atom stereocenters. The van der Waals surface area contributed by atoms with Crippen molar-refractivity contribution >= 4 is 0 Å². The Labute approximate surface area is 114 Å². The minimum absolute atomic E-state index is 0.117. The summed E-state index contributed by atoms with van der Waals surface area (Å²) in [7, 11) is 0. The van der Waals surface area contributed by atoms with Gasteiger partial charge in [0, 0.05) is 19.1 Å². The lowest BCUT2D eigenvalue weighted by molar-refractivity contribution is -0.0564. The molecule has 0 bridgehead atoms. The van der Waals surface area contributed by atoms with Crippen LogP contribution >= 0.6 is 0 Å². The van der Waals surface area contributed by atoms with Crippen LogP contribution in [0.1, 0.15) is 19.4 Å². The second kappa shape index (κ2) is 6.55. The highest BCUT2D eigenvalue weighted by Crippen LogP contribution is 2.14. The number of hydrogen-bond acceptors (Lipinski definition) is 4. The number of nitrogens with zero attached hydrogens (tertiary/aromatic N) is 2. The first kappa shape index (κ1) is 13.9. The van der Waals surface area contributed by atoms with Crippen LogP contribution in [-0.4, -0.2) is 43.3 Å². The number of rotatable bonds is 4. The van der Waals surface area contributed by atoms with Crippen molar-refractivity contribution in [2.24, 2.45) is 0 Å². The van der Waals surface area contributed by atoms with Crippen molar-refractivity contribution in [1.82, 2.24) is 4.90 Å². The van der Waals surface area contributed by atoms with Crippen molar-refractivity contribution in [1.29, 1.82) is 5.26 Å². The zero-order chi connectivity index (χ0) is 13.7. The quantitative estimate of drug-likeness (QED) is 0.831. The molecule has 1 saturated heterocycles. The van der Waals surface area contributed by atoms with Gasteiger partial charge in [0.05, 0.1) is 18.2 Å². The monoisotopic (exact) mass is 260 g/mol. The molecule has 0 amide bonds. The van der Waals surface area contributed by atoms with Gasteiger partial charge < -0.3 is 9.47 Å². The van der Waals surface area contributed by atoms with Gasteiger partial charge >= 0.3 is 0 Å². The molecule has 4 heteroatoms. The Morgan fingerprint density at radius 1 is 1.42 bits per heavy atom. The molecule has 1 aromatic carbocycles. The molecule has 1 fully saturated rings. The van der Waals surface area contributed by atoms with Gasteiger partial charge in [0.25, 0.3) is 0 Å². The third kappa shape index (κ3) is 3.95. The highest BCUT2D eigenvalue weighted by molar-refractivity contribution is 5.34. The summed E-state index contributed by atoms with van der Waals surface area (Å²) in [6.07, 6.45) is 0.117. The molecule has 4 nitrogen and oxygen atoms in total. The summed E-state index contributed by atoms with van der Waals surface area (Å²) in [6.45, 7) is 7.61. The molecule has 102 valence electrons. The summed E-state index contributed by atoms with van der Waals surface area (Å²) < 4.78 is 11.4. The maximum atomic E-state index is 8.73. The number of benzene rings is 1. The Morgan fingerprint density at radius 2 is 2.16 bits per heavy atom. The average molecular weight is 260 g/mol. The summed E-state index contributed by atoms with van der Waals surface area (Å²) in [5.41, 5.74) is 0.646. The van der Waals surface area contributed by atoms with Crippen molar-refractivity contribution in [3.8, 4) is 11.8 Å². The molecular formula is C15H20N2O2. The van der Waals surface area contributed by atoms with Crippen LogP contribution in [0, 0.1) is 11.3 Å².